The van der Waals surface area contributed by atoms with Crippen molar-refractivity contribution < 1.29 is 32.6 Å². The van der Waals surface area contributed by atoms with Crippen molar-refractivity contribution in [1.82, 2.24) is 14.2 Å². The molecule has 0 saturated carbocycles. The van der Waals surface area contributed by atoms with Crippen molar-refractivity contribution in [2.75, 3.05) is 19.6 Å². The Labute approximate surface area is 209 Å². The van der Waals surface area contributed by atoms with Gasteiger partial charge in [0.25, 0.3) is 0 Å². The van der Waals surface area contributed by atoms with Gasteiger partial charge in [0.05, 0.1) is 12.0 Å². The highest BCUT2D eigenvalue weighted by atomic mass is 32.2. The van der Waals surface area contributed by atoms with Gasteiger partial charge in [-0.2, -0.15) is 4.31 Å². The Balaban J connectivity index is 1.39. The first-order chi connectivity index (χ1) is 17.3. The number of carboxylic acid groups (broad SMARTS) is 1. The van der Waals surface area contributed by atoms with E-state index in [0.717, 1.165) is 17.1 Å². The van der Waals surface area contributed by atoms with Gasteiger partial charge in [-0.1, -0.05) is 12.1 Å². The number of nitrogens with zero attached hydrogens (tertiary/aromatic N) is 3. The third-order valence-electron chi connectivity index (χ3n) is 6.59. The summed E-state index contributed by atoms with van der Waals surface area (Å²) in [6.07, 6.45) is 4.88. The van der Waals surface area contributed by atoms with Gasteiger partial charge in [-0.25, -0.2) is 13.2 Å². The van der Waals surface area contributed by atoms with Gasteiger partial charge in [0, 0.05) is 38.4 Å². The maximum absolute atomic E-state index is 13.1. The van der Waals surface area contributed by atoms with Crippen LogP contribution in [0.4, 0.5) is 4.79 Å². The molecule has 0 spiro atoms. The molecule has 3 heterocycles. The summed E-state index contributed by atoms with van der Waals surface area (Å²) < 4.78 is 32.6. The predicted octanol–water partition coefficient (Wildman–Crippen LogP) is 2.73. The topological polar surface area (TPSA) is 134 Å². The highest BCUT2D eigenvalue weighted by Crippen LogP contribution is 2.28. The standard InChI is InChI=1S/C25H29N3O7S/c29-23(22-6-4-14-28(22)36(33,34)21-5-3-11-26-17-21)16-19(24(30)31)15-18-7-9-20(10-8-18)35-25(32)27-12-1-2-13-27/h3,5,7-11,17,19,22H,1-2,4,6,12-16H2,(H,30,31). The van der Waals surface area contributed by atoms with E-state index in [4.69, 9.17) is 4.74 Å². The first kappa shape index (κ1) is 25.8. The molecule has 0 bridgehead atoms. The largest absolute Gasteiger partial charge is 0.481 e. The minimum Gasteiger partial charge on any atom is -0.481 e. The Morgan fingerprint density at radius 1 is 1.06 bits per heavy atom. The number of amides is 1. The number of carbonyl (C=O) groups is 3. The number of aliphatic carboxylic acids is 1. The van der Waals surface area contributed by atoms with Crippen LogP contribution in [0.5, 0.6) is 5.75 Å². The van der Waals surface area contributed by atoms with Crippen LogP contribution in [0, 0.1) is 5.92 Å². The van der Waals surface area contributed by atoms with Crippen molar-refractivity contribution in [1.29, 1.82) is 0 Å². The zero-order valence-corrected chi connectivity index (χ0v) is 20.6. The SMILES string of the molecule is O=C(O)C(CC(=O)C1CCCN1S(=O)(=O)c1cccnc1)Cc1ccc(OC(=O)N2CCCC2)cc1. The van der Waals surface area contributed by atoms with E-state index in [1.165, 1.54) is 24.5 Å². The zero-order chi connectivity index (χ0) is 25.7. The van der Waals surface area contributed by atoms with E-state index in [0.29, 0.717) is 37.2 Å². The predicted molar refractivity (Wildman–Crippen MR) is 129 cm³/mol. The first-order valence-corrected chi connectivity index (χ1v) is 13.4. The van der Waals surface area contributed by atoms with E-state index < -0.39 is 39.8 Å². The van der Waals surface area contributed by atoms with Crippen LogP contribution in [0.3, 0.4) is 0 Å². The lowest BCUT2D eigenvalue weighted by Crippen LogP contribution is -2.41. The van der Waals surface area contributed by atoms with Crippen LogP contribution >= 0.6 is 0 Å². The Morgan fingerprint density at radius 3 is 2.42 bits per heavy atom. The van der Waals surface area contributed by atoms with Gasteiger partial charge in [-0.05, 0) is 61.9 Å². The van der Waals surface area contributed by atoms with Gasteiger partial charge in [0.1, 0.15) is 10.6 Å². The molecular weight excluding hydrogens is 486 g/mol. The highest BCUT2D eigenvalue weighted by molar-refractivity contribution is 7.89. The minimum absolute atomic E-state index is 0.00464. The smallest absolute Gasteiger partial charge is 0.415 e. The summed E-state index contributed by atoms with van der Waals surface area (Å²) in [6, 6.07) is 8.58. The van der Waals surface area contributed by atoms with Crippen molar-refractivity contribution >= 4 is 27.9 Å². The second-order valence-electron chi connectivity index (χ2n) is 9.08. The maximum atomic E-state index is 13.1. The number of pyridine rings is 1. The van der Waals surface area contributed by atoms with Gasteiger partial charge in [-0.15, -0.1) is 0 Å². The highest BCUT2D eigenvalue weighted by Gasteiger charge is 2.40. The molecule has 11 heteroatoms. The molecule has 1 amide bonds. The van der Waals surface area contributed by atoms with Crippen molar-refractivity contribution in [2.45, 2.75) is 49.5 Å². The average molecular weight is 516 g/mol. The number of likely N-dealkylation sites (tertiary alicyclic amines) is 1. The molecule has 2 saturated heterocycles. The normalized spacial score (nSPS) is 19.2. The van der Waals surface area contributed by atoms with E-state index >= 15 is 0 Å². The summed E-state index contributed by atoms with van der Waals surface area (Å²) in [6.45, 7) is 1.55. The third kappa shape index (κ3) is 5.90. The summed E-state index contributed by atoms with van der Waals surface area (Å²) in [5.74, 6) is -2.20. The quantitative estimate of drug-likeness (QED) is 0.539. The van der Waals surface area contributed by atoms with E-state index in [1.807, 2.05) is 0 Å². The fraction of sp³-hybridized carbons (Fsp3) is 0.440. The van der Waals surface area contributed by atoms with Crippen molar-refractivity contribution in [3.8, 4) is 5.75 Å². The van der Waals surface area contributed by atoms with E-state index in [9.17, 15) is 27.9 Å². The number of hydrogen-bond acceptors (Lipinski definition) is 7. The Morgan fingerprint density at radius 2 is 1.78 bits per heavy atom. The number of hydrogen-bond donors (Lipinski definition) is 1. The average Bonchev–Trinajstić information content (AvgIpc) is 3.58. The summed E-state index contributed by atoms with van der Waals surface area (Å²) in [5.41, 5.74) is 0.669. The maximum Gasteiger partial charge on any atom is 0.415 e. The first-order valence-electron chi connectivity index (χ1n) is 12.0. The Hall–Kier alpha value is -3.31. The lowest BCUT2D eigenvalue weighted by Gasteiger charge is -2.24. The van der Waals surface area contributed by atoms with Crippen LogP contribution in [-0.2, 0) is 26.0 Å². The van der Waals surface area contributed by atoms with Gasteiger partial charge in [-0.3, -0.25) is 14.6 Å². The molecule has 0 aliphatic carbocycles. The Bertz CT molecular complexity index is 1200. The molecule has 2 aliphatic rings. The van der Waals surface area contributed by atoms with Gasteiger partial charge in [0.15, 0.2) is 5.78 Å². The fourth-order valence-corrected chi connectivity index (χ4v) is 6.30. The Kier molecular flexibility index (Phi) is 8.00. The molecule has 2 unspecified atom stereocenters. The van der Waals surface area contributed by atoms with Crippen molar-refractivity contribution in [2.24, 2.45) is 5.92 Å². The molecule has 4 rings (SSSR count). The van der Waals surface area contributed by atoms with Crippen molar-refractivity contribution in [3.05, 3.63) is 54.4 Å². The molecule has 36 heavy (non-hydrogen) atoms. The molecule has 2 aliphatic heterocycles. The molecule has 2 atom stereocenters. The summed E-state index contributed by atoms with van der Waals surface area (Å²) in [7, 11) is -3.91. The van der Waals surface area contributed by atoms with E-state index in [-0.39, 0.29) is 24.3 Å². The van der Waals surface area contributed by atoms with Crippen LogP contribution < -0.4 is 4.74 Å². The molecule has 1 N–H and O–H groups in total. The number of ketones is 1. The number of rotatable bonds is 9. The second-order valence-corrected chi connectivity index (χ2v) is 11.0. The number of carbonyl (C=O) groups excluding carboxylic acids is 2. The van der Waals surface area contributed by atoms with Crippen LogP contribution in [0.2, 0.25) is 0 Å². The fourth-order valence-electron chi connectivity index (χ4n) is 4.65. The number of Topliss-reactive ketones (excluding diaryl/α,β-unsaturated/α-hetero) is 1. The monoisotopic (exact) mass is 515 g/mol. The lowest BCUT2D eigenvalue weighted by atomic mass is 9.92. The number of ether oxygens (including phenoxy) is 1. The molecule has 2 aromatic rings. The number of sulfonamides is 1. The van der Waals surface area contributed by atoms with E-state index in [1.54, 1.807) is 29.2 Å². The van der Waals surface area contributed by atoms with Gasteiger partial charge < -0.3 is 14.7 Å². The van der Waals surface area contributed by atoms with Crippen LogP contribution in [-0.4, -0.2) is 71.2 Å². The number of carboxylic acids is 1. The molecule has 1 aromatic heterocycles. The van der Waals surface area contributed by atoms with Crippen LogP contribution in [0.15, 0.2) is 53.7 Å². The lowest BCUT2D eigenvalue weighted by molar-refractivity contribution is -0.144. The van der Waals surface area contributed by atoms with Crippen LogP contribution in [0.25, 0.3) is 0 Å². The van der Waals surface area contributed by atoms with Gasteiger partial charge in [0.2, 0.25) is 10.0 Å². The molecule has 0 radical (unpaired) electrons. The molecule has 192 valence electrons. The van der Waals surface area contributed by atoms with E-state index in [2.05, 4.69) is 4.98 Å². The molecule has 2 fully saturated rings. The molecule has 1 aromatic carbocycles. The van der Waals surface area contributed by atoms with Crippen molar-refractivity contribution in [3.63, 3.8) is 0 Å². The third-order valence-corrected chi connectivity index (χ3v) is 8.48. The molecule has 10 nitrogen and oxygen atoms in total. The number of aromatic nitrogens is 1. The summed E-state index contributed by atoms with van der Waals surface area (Å²) >= 11 is 0. The minimum atomic E-state index is -3.91. The zero-order valence-electron chi connectivity index (χ0n) is 19.8. The second kappa shape index (κ2) is 11.2. The number of benzene rings is 1. The van der Waals surface area contributed by atoms with Gasteiger partial charge >= 0.3 is 12.1 Å². The molecular formula is C25H29N3O7S. The van der Waals surface area contributed by atoms with Crippen LogP contribution in [0.1, 0.15) is 37.7 Å². The summed E-state index contributed by atoms with van der Waals surface area (Å²) in [4.78, 5) is 42.7. The summed E-state index contributed by atoms with van der Waals surface area (Å²) in [5, 5.41) is 9.76.